The van der Waals surface area contributed by atoms with Gasteiger partial charge in [-0.3, -0.25) is 4.79 Å². The van der Waals surface area contributed by atoms with Crippen LogP contribution in [0.15, 0.2) is 28.8 Å². The Balaban J connectivity index is 2.79. The molecule has 1 rings (SSSR count). The molecule has 92 valence electrons. The van der Waals surface area contributed by atoms with E-state index in [9.17, 15) is 13.6 Å². The Kier molecular flexibility index (Phi) is 5.58. The Morgan fingerprint density at radius 1 is 1.35 bits per heavy atom. The molecule has 17 heavy (non-hydrogen) atoms. The predicted octanol–water partition coefficient (Wildman–Crippen LogP) is 3.25. The van der Waals surface area contributed by atoms with Crippen molar-refractivity contribution in [2.45, 2.75) is 0 Å². The van der Waals surface area contributed by atoms with Crippen molar-refractivity contribution in [2.24, 2.45) is 0 Å². The molecule has 1 N–H and O–H groups in total. The smallest absolute Gasteiger partial charge is 0.257 e. The second kappa shape index (κ2) is 6.71. The molecular formula is C11H9BrClF2NO. The van der Waals surface area contributed by atoms with Gasteiger partial charge in [-0.05, 0) is 12.1 Å². The lowest BCUT2D eigenvalue weighted by atomic mass is 10.2. The van der Waals surface area contributed by atoms with E-state index in [0.717, 1.165) is 12.1 Å². The average molecular weight is 325 g/mol. The summed E-state index contributed by atoms with van der Waals surface area (Å²) in [5.74, 6) is -2.30. The molecule has 1 aromatic rings. The Morgan fingerprint density at radius 2 is 1.94 bits per heavy atom. The van der Waals surface area contributed by atoms with E-state index in [-0.39, 0.29) is 11.0 Å². The topological polar surface area (TPSA) is 29.1 Å². The van der Waals surface area contributed by atoms with Gasteiger partial charge in [0.25, 0.3) is 5.91 Å². The largest absolute Gasteiger partial charge is 0.348 e. The van der Waals surface area contributed by atoms with Gasteiger partial charge in [-0.2, -0.15) is 0 Å². The minimum atomic E-state index is -0.907. The quantitative estimate of drug-likeness (QED) is 0.668. The molecule has 0 radical (unpaired) electrons. The summed E-state index contributed by atoms with van der Waals surface area (Å²) in [4.78, 5) is 11.5. The van der Waals surface area contributed by atoms with E-state index in [0.29, 0.717) is 5.88 Å². The van der Waals surface area contributed by atoms with Crippen LogP contribution in [0.5, 0.6) is 0 Å². The number of carbonyl (C=O) groups excluding carboxylic acids is 1. The summed E-state index contributed by atoms with van der Waals surface area (Å²) < 4.78 is 27.0. The van der Waals surface area contributed by atoms with Gasteiger partial charge in [-0.1, -0.05) is 28.1 Å². The van der Waals surface area contributed by atoms with Gasteiger partial charge in [0.15, 0.2) is 0 Å². The first-order valence-corrected chi connectivity index (χ1v) is 6.02. The molecule has 1 aromatic carbocycles. The third kappa shape index (κ3) is 4.09. The van der Waals surface area contributed by atoms with Crippen molar-refractivity contribution in [3.8, 4) is 0 Å². The summed E-state index contributed by atoms with van der Waals surface area (Å²) in [7, 11) is 0. The van der Waals surface area contributed by atoms with Gasteiger partial charge in [0, 0.05) is 16.9 Å². The van der Waals surface area contributed by atoms with E-state index in [2.05, 4.69) is 21.2 Å². The van der Waals surface area contributed by atoms with Crippen LogP contribution in [-0.2, 0) is 0 Å². The van der Waals surface area contributed by atoms with Crippen LogP contribution in [0, 0.1) is 11.6 Å². The van der Waals surface area contributed by atoms with E-state index >= 15 is 0 Å². The number of hydrogen-bond acceptors (Lipinski definition) is 1. The molecule has 0 heterocycles. The van der Waals surface area contributed by atoms with Crippen molar-refractivity contribution in [2.75, 3.05) is 12.4 Å². The number of nitrogens with one attached hydrogen (secondary N) is 1. The molecule has 1 amide bonds. The standard InChI is InChI=1S/C11H9BrClF2NO/c12-7-5-8(14)10(9(15)6-7)11(17)16-4-2-1-3-13/h1-2,5-6H,3-4H2,(H,16,17)/b2-1+. The van der Waals surface area contributed by atoms with Gasteiger partial charge in [0.1, 0.15) is 17.2 Å². The number of halogens is 4. The minimum Gasteiger partial charge on any atom is -0.348 e. The Labute approximate surface area is 111 Å². The maximum atomic E-state index is 13.4. The van der Waals surface area contributed by atoms with Crippen LogP contribution in [0.4, 0.5) is 8.78 Å². The molecule has 0 aliphatic carbocycles. The minimum absolute atomic E-state index is 0.167. The lowest BCUT2D eigenvalue weighted by molar-refractivity contribution is 0.0949. The Morgan fingerprint density at radius 3 is 2.47 bits per heavy atom. The maximum absolute atomic E-state index is 13.4. The number of carbonyl (C=O) groups is 1. The zero-order chi connectivity index (χ0) is 12.8. The van der Waals surface area contributed by atoms with Crippen LogP contribution >= 0.6 is 27.5 Å². The fourth-order valence-corrected chi connectivity index (χ4v) is 1.67. The summed E-state index contributed by atoms with van der Waals surface area (Å²) in [6.45, 7) is 0.167. The first-order chi connectivity index (χ1) is 8.06. The number of amides is 1. The van der Waals surface area contributed by atoms with E-state index in [1.54, 1.807) is 12.2 Å². The molecule has 0 saturated carbocycles. The van der Waals surface area contributed by atoms with Gasteiger partial charge < -0.3 is 5.32 Å². The lowest BCUT2D eigenvalue weighted by Crippen LogP contribution is -2.25. The highest BCUT2D eigenvalue weighted by atomic mass is 79.9. The molecule has 0 saturated heterocycles. The number of allylic oxidation sites excluding steroid dienone is 1. The second-order valence-electron chi connectivity index (χ2n) is 3.08. The molecule has 0 fully saturated rings. The molecule has 6 heteroatoms. The van der Waals surface area contributed by atoms with Crippen LogP contribution in [0.1, 0.15) is 10.4 Å². The van der Waals surface area contributed by atoms with Crippen molar-refractivity contribution in [1.82, 2.24) is 5.32 Å². The molecule has 0 aromatic heterocycles. The van der Waals surface area contributed by atoms with Crippen molar-refractivity contribution in [3.63, 3.8) is 0 Å². The highest BCUT2D eigenvalue weighted by molar-refractivity contribution is 9.10. The number of rotatable bonds is 4. The molecule has 0 unspecified atom stereocenters. The Bertz CT molecular complexity index is 428. The predicted molar refractivity (Wildman–Crippen MR) is 66.3 cm³/mol. The summed E-state index contributed by atoms with van der Waals surface area (Å²) >= 11 is 8.31. The van der Waals surface area contributed by atoms with Gasteiger partial charge in [-0.25, -0.2) is 8.78 Å². The van der Waals surface area contributed by atoms with Crippen LogP contribution in [0.25, 0.3) is 0 Å². The summed E-state index contributed by atoms with van der Waals surface area (Å²) in [6.07, 6.45) is 3.22. The van der Waals surface area contributed by atoms with E-state index < -0.39 is 23.1 Å². The molecule has 2 nitrogen and oxygen atoms in total. The van der Waals surface area contributed by atoms with Crippen LogP contribution < -0.4 is 5.32 Å². The number of benzene rings is 1. The van der Waals surface area contributed by atoms with E-state index in [1.807, 2.05) is 0 Å². The normalized spacial score (nSPS) is 10.8. The summed E-state index contributed by atoms with van der Waals surface area (Å²) in [5, 5.41) is 2.36. The zero-order valence-corrected chi connectivity index (χ0v) is 11.0. The van der Waals surface area contributed by atoms with Crippen molar-refractivity contribution in [3.05, 3.63) is 46.0 Å². The highest BCUT2D eigenvalue weighted by Crippen LogP contribution is 2.19. The molecular weight excluding hydrogens is 315 g/mol. The van der Waals surface area contributed by atoms with E-state index in [4.69, 9.17) is 11.6 Å². The first kappa shape index (κ1) is 14.1. The number of hydrogen-bond donors (Lipinski definition) is 1. The van der Waals surface area contributed by atoms with E-state index in [1.165, 1.54) is 0 Å². The first-order valence-electron chi connectivity index (χ1n) is 4.70. The monoisotopic (exact) mass is 323 g/mol. The zero-order valence-electron chi connectivity index (χ0n) is 8.64. The SMILES string of the molecule is O=C(NC/C=C/CCl)c1c(F)cc(Br)cc1F. The fraction of sp³-hybridized carbons (Fsp3) is 0.182. The highest BCUT2D eigenvalue weighted by Gasteiger charge is 2.17. The second-order valence-corrected chi connectivity index (χ2v) is 4.30. The number of alkyl halides is 1. The van der Waals surface area contributed by atoms with Crippen LogP contribution in [-0.4, -0.2) is 18.3 Å². The van der Waals surface area contributed by atoms with Crippen molar-refractivity contribution >= 4 is 33.4 Å². The molecule has 0 aliphatic heterocycles. The third-order valence-electron chi connectivity index (χ3n) is 1.87. The average Bonchev–Trinajstić information content (AvgIpc) is 2.23. The lowest BCUT2D eigenvalue weighted by Gasteiger charge is -2.05. The van der Waals surface area contributed by atoms with Gasteiger partial charge in [0.2, 0.25) is 0 Å². The molecule has 0 bridgehead atoms. The summed E-state index contributed by atoms with van der Waals surface area (Å²) in [5.41, 5.74) is -0.590. The van der Waals surface area contributed by atoms with Gasteiger partial charge >= 0.3 is 0 Å². The fourth-order valence-electron chi connectivity index (χ4n) is 1.15. The van der Waals surface area contributed by atoms with Gasteiger partial charge in [0.05, 0.1) is 0 Å². The third-order valence-corrected chi connectivity index (χ3v) is 2.51. The summed E-state index contributed by atoms with van der Waals surface area (Å²) in [6, 6.07) is 2.07. The van der Waals surface area contributed by atoms with Crippen molar-refractivity contribution < 1.29 is 13.6 Å². The van der Waals surface area contributed by atoms with Crippen LogP contribution in [0.3, 0.4) is 0 Å². The molecule has 0 aliphatic rings. The molecule has 0 spiro atoms. The Hall–Kier alpha value is -0.940. The van der Waals surface area contributed by atoms with Gasteiger partial charge in [-0.15, -0.1) is 11.6 Å². The van der Waals surface area contributed by atoms with Crippen molar-refractivity contribution in [1.29, 1.82) is 0 Å². The van der Waals surface area contributed by atoms with Crippen LogP contribution in [0.2, 0.25) is 0 Å². The molecule has 0 atom stereocenters. The maximum Gasteiger partial charge on any atom is 0.257 e.